The number of nitrogens with one attached hydrogen (secondary N) is 2. The van der Waals surface area contributed by atoms with Crippen molar-refractivity contribution in [3.8, 4) is 0 Å². The van der Waals surface area contributed by atoms with Gasteiger partial charge in [0.15, 0.2) is 0 Å². The van der Waals surface area contributed by atoms with Crippen molar-refractivity contribution in [3.63, 3.8) is 0 Å². The van der Waals surface area contributed by atoms with Crippen LogP contribution < -0.4 is 22.1 Å². The number of aromatic nitrogens is 8. The van der Waals surface area contributed by atoms with Gasteiger partial charge in [-0.15, -0.1) is 0 Å². The lowest BCUT2D eigenvalue weighted by atomic mass is 10.2. The summed E-state index contributed by atoms with van der Waals surface area (Å²) in [6, 6.07) is 11.7. The second kappa shape index (κ2) is 14.3. The third-order valence-corrected chi connectivity index (χ3v) is 9.27. The number of nitrogens with zero attached hydrogens (tertiary/aromatic N) is 8. The zero-order valence-corrected chi connectivity index (χ0v) is 30.7. The van der Waals surface area contributed by atoms with Gasteiger partial charge in [0.1, 0.15) is 11.4 Å². The summed E-state index contributed by atoms with van der Waals surface area (Å²) in [4.78, 5) is 60.2. The van der Waals surface area contributed by atoms with Crippen LogP contribution >= 0.6 is 22.6 Å². The van der Waals surface area contributed by atoms with Gasteiger partial charge in [-0.3, -0.25) is 39.2 Å². The number of rotatable bonds is 13. The molecule has 4 aromatic heterocycles. The number of benzene rings is 2. The number of hydrogen-bond acceptors (Lipinski definition) is 8. The Morgan fingerprint density at radius 2 is 1.22 bits per heavy atom. The molecular formula is C34H37IN12O4. The fourth-order valence-electron chi connectivity index (χ4n) is 6.09. The van der Waals surface area contributed by atoms with E-state index in [9.17, 15) is 19.2 Å². The zero-order chi connectivity index (χ0) is 36.6. The summed E-state index contributed by atoms with van der Waals surface area (Å²) in [5.74, 6) is -1.25. The molecule has 0 saturated carbocycles. The fraction of sp³-hybridized carbons (Fsp3) is 0.294. The van der Waals surface area contributed by atoms with Gasteiger partial charge in [-0.2, -0.15) is 10.2 Å². The Bertz CT molecular complexity index is 2350. The zero-order valence-electron chi connectivity index (χ0n) is 28.5. The summed E-state index contributed by atoms with van der Waals surface area (Å²) in [5.41, 5.74) is 16.5. The van der Waals surface area contributed by atoms with Crippen LogP contribution in [-0.2, 0) is 26.2 Å². The minimum atomic E-state index is -0.582. The summed E-state index contributed by atoms with van der Waals surface area (Å²) in [6.07, 6.45) is 1.25. The molecule has 16 nitrogen and oxygen atoms in total. The number of primary amides is 2. The first-order valence-corrected chi connectivity index (χ1v) is 17.5. The molecule has 4 amide bonds. The van der Waals surface area contributed by atoms with Crippen LogP contribution in [0.25, 0.3) is 22.1 Å². The fourth-order valence-corrected chi connectivity index (χ4v) is 6.99. The summed E-state index contributed by atoms with van der Waals surface area (Å²) in [7, 11) is 0. The molecule has 0 aliphatic carbocycles. The van der Waals surface area contributed by atoms with E-state index in [0.717, 1.165) is 20.5 Å². The van der Waals surface area contributed by atoms with Crippen molar-refractivity contribution in [2.24, 2.45) is 11.5 Å². The van der Waals surface area contributed by atoms with Crippen LogP contribution in [0.5, 0.6) is 0 Å². The molecule has 0 bridgehead atoms. The van der Waals surface area contributed by atoms with Gasteiger partial charge in [0.2, 0.25) is 23.7 Å². The molecule has 6 N–H and O–H groups in total. The van der Waals surface area contributed by atoms with Gasteiger partial charge in [-0.25, -0.2) is 9.97 Å². The molecule has 0 saturated heterocycles. The van der Waals surface area contributed by atoms with Crippen LogP contribution in [0, 0.1) is 17.4 Å². The molecule has 0 fully saturated rings. The Hall–Kier alpha value is -5.59. The topological polar surface area (TPSA) is 216 Å². The molecule has 6 aromatic rings. The minimum absolute atomic E-state index is 0.303. The van der Waals surface area contributed by atoms with Gasteiger partial charge in [0.25, 0.3) is 11.8 Å². The Balaban J connectivity index is 1.29. The first-order valence-electron chi connectivity index (χ1n) is 16.4. The molecular weight excluding hydrogens is 767 g/mol. The molecule has 17 heteroatoms. The first-order chi connectivity index (χ1) is 24.4. The van der Waals surface area contributed by atoms with Crippen molar-refractivity contribution in [3.05, 3.63) is 79.9 Å². The van der Waals surface area contributed by atoms with Gasteiger partial charge in [0.05, 0.1) is 33.5 Å². The maximum atomic E-state index is 13.5. The maximum Gasteiger partial charge on any atom is 0.276 e. The predicted molar refractivity (Wildman–Crippen MR) is 200 cm³/mol. The Morgan fingerprint density at radius 1 is 0.706 bits per heavy atom. The maximum absolute atomic E-state index is 13.5. The molecule has 0 spiro atoms. The Kier molecular flexibility index (Phi) is 9.91. The van der Waals surface area contributed by atoms with E-state index < -0.39 is 11.8 Å². The van der Waals surface area contributed by atoms with Crippen LogP contribution in [0.3, 0.4) is 0 Å². The van der Waals surface area contributed by atoms with Crippen molar-refractivity contribution >= 4 is 80.2 Å². The lowest BCUT2D eigenvalue weighted by Crippen LogP contribution is -2.20. The number of imidazole rings is 2. The number of carbonyl (C=O) groups is 4. The van der Waals surface area contributed by atoms with Crippen molar-refractivity contribution in [2.45, 2.75) is 66.7 Å². The van der Waals surface area contributed by atoms with Crippen molar-refractivity contribution in [1.82, 2.24) is 38.7 Å². The SMILES string of the molecule is CCn1nc(C)cc1C(=O)Nc1nc2cc(C(N)=O)ccc2n1CCCCn1c(NC(=O)c2cc(C)nn2CC)nc2cc(C(N)=O)cc(I)c21. The standard InChI is InChI=1S/C34H37IN12O4/c1-5-46-26(13-18(3)42-46)31(50)40-33-38-23-16-20(29(36)48)9-10-25(23)44(33)11-7-8-12-45-28-22(35)15-21(30(37)49)17-24(28)39-34(45)41-32(51)27-14-19(4)43-47(27)6-2/h9-10,13-17H,5-8,11-12H2,1-4H3,(H2,36,48)(H2,37,49)(H,38,40,50)(H,39,41,51). The average Bonchev–Trinajstić information content (AvgIpc) is 3.85. The van der Waals surface area contributed by atoms with E-state index in [0.29, 0.717) is 90.0 Å². The van der Waals surface area contributed by atoms with Crippen LogP contribution in [0.15, 0.2) is 42.5 Å². The number of fused-ring (bicyclic) bond motifs is 2. The second-order valence-electron chi connectivity index (χ2n) is 12.0. The van der Waals surface area contributed by atoms with Crippen LogP contribution in [0.2, 0.25) is 0 Å². The molecule has 0 atom stereocenters. The molecule has 264 valence electrons. The summed E-state index contributed by atoms with van der Waals surface area (Å²) in [6.45, 7) is 9.41. The molecule has 0 radical (unpaired) electrons. The lowest BCUT2D eigenvalue weighted by Gasteiger charge is -2.13. The van der Waals surface area contributed by atoms with Gasteiger partial charge < -0.3 is 20.6 Å². The van der Waals surface area contributed by atoms with Crippen molar-refractivity contribution in [2.75, 3.05) is 10.6 Å². The van der Waals surface area contributed by atoms with Gasteiger partial charge in [-0.1, -0.05) is 0 Å². The number of anilines is 2. The molecule has 0 aliphatic rings. The number of aryl methyl sites for hydroxylation is 6. The van der Waals surface area contributed by atoms with E-state index in [4.69, 9.17) is 16.5 Å². The largest absolute Gasteiger partial charge is 0.366 e. The monoisotopic (exact) mass is 804 g/mol. The quantitative estimate of drug-likeness (QED) is 0.0977. The third-order valence-electron chi connectivity index (χ3n) is 8.45. The number of amides is 4. The third kappa shape index (κ3) is 7.05. The highest BCUT2D eigenvalue weighted by atomic mass is 127. The smallest absolute Gasteiger partial charge is 0.276 e. The van der Waals surface area contributed by atoms with Crippen LogP contribution in [-0.4, -0.2) is 62.3 Å². The summed E-state index contributed by atoms with van der Waals surface area (Å²) >= 11 is 2.14. The molecule has 51 heavy (non-hydrogen) atoms. The number of halogens is 1. The summed E-state index contributed by atoms with van der Waals surface area (Å²) in [5, 5.41) is 14.7. The number of unbranched alkanes of at least 4 members (excludes halogenated alkanes) is 1. The minimum Gasteiger partial charge on any atom is -0.366 e. The van der Waals surface area contributed by atoms with Gasteiger partial charge in [-0.05, 0) is 106 Å². The molecule has 2 aromatic carbocycles. The highest BCUT2D eigenvalue weighted by Gasteiger charge is 2.22. The van der Waals surface area contributed by atoms with E-state index >= 15 is 0 Å². The van der Waals surface area contributed by atoms with Crippen molar-refractivity contribution < 1.29 is 19.2 Å². The van der Waals surface area contributed by atoms with Crippen molar-refractivity contribution in [1.29, 1.82) is 0 Å². The Labute approximate surface area is 305 Å². The van der Waals surface area contributed by atoms with Gasteiger partial charge >= 0.3 is 0 Å². The highest BCUT2D eigenvalue weighted by Crippen LogP contribution is 2.28. The van der Waals surface area contributed by atoms with Gasteiger partial charge in [0, 0.05) is 40.9 Å². The average molecular weight is 805 g/mol. The summed E-state index contributed by atoms with van der Waals surface area (Å²) < 4.78 is 7.81. The number of hydrogen-bond donors (Lipinski definition) is 4. The molecule has 0 aliphatic heterocycles. The van der Waals surface area contributed by atoms with E-state index in [1.54, 1.807) is 51.8 Å². The molecule has 6 rings (SSSR count). The Morgan fingerprint density at radius 3 is 1.76 bits per heavy atom. The first kappa shape index (κ1) is 35.2. The number of carbonyl (C=O) groups excluding carboxylic acids is 4. The number of nitrogens with two attached hydrogens (primary N) is 2. The van der Waals surface area contributed by atoms with E-state index in [1.165, 1.54) is 0 Å². The van der Waals surface area contributed by atoms with E-state index in [2.05, 4.69) is 48.4 Å². The second-order valence-corrected chi connectivity index (χ2v) is 13.2. The normalized spacial score (nSPS) is 11.4. The lowest BCUT2D eigenvalue weighted by molar-refractivity contribution is 0.0992. The van der Waals surface area contributed by atoms with E-state index in [-0.39, 0.29) is 11.8 Å². The molecule has 4 heterocycles. The predicted octanol–water partition coefficient (Wildman–Crippen LogP) is 4.22. The molecule has 0 unspecified atom stereocenters. The van der Waals surface area contributed by atoms with Crippen LogP contribution in [0.1, 0.15) is 79.8 Å². The van der Waals surface area contributed by atoms with E-state index in [1.807, 2.05) is 36.8 Å². The highest BCUT2D eigenvalue weighted by molar-refractivity contribution is 14.1. The van der Waals surface area contributed by atoms with Crippen LogP contribution in [0.4, 0.5) is 11.9 Å².